The second-order valence-electron chi connectivity index (χ2n) is 7.55. The molecule has 7 heteroatoms. The standard InChI is InChI=1S/C24H23N5OS/c1-16(2)29-15-26-21-23(25-12-13-30-17-8-4-3-5-9-17)27-22(28-24(21)29)19-14-31-20-11-7-6-10-18(19)20/h3-11,14-16H,12-13H2,1-2H3,(H,25,27,28). The lowest BCUT2D eigenvalue weighted by Crippen LogP contribution is -2.13. The van der Waals surface area contributed by atoms with Crippen LogP contribution in [0.5, 0.6) is 5.75 Å². The van der Waals surface area contributed by atoms with Crippen molar-refractivity contribution in [3.63, 3.8) is 0 Å². The summed E-state index contributed by atoms with van der Waals surface area (Å²) in [6.07, 6.45) is 1.84. The number of ether oxygens (including phenoxy) is 1. The molecule has 0 bridgehead atoms. The molecule has 3 heterocycles. The Morgan fingerprint density at radius 3 is 2.68 bits per heavy atom. The van der Waals surface area contributed by atoms with E-state index in [2.05, 4.69) is 58.4 Å². The van der Waals surface area contributed by atoms with Crippen LogP contribution in [-0.4, -0.2) is 32.7 Å². The smallest absolute Gasteiger partial charge is 0.166 e. The molecule has 31 heavy (non-hydrogen) atoms. The highest BCUT2D eigenvalue weighted by Gasteiger charge is 2.17. The first-order valence-corrected chi connectivity index (χ1v) is 11.2. The Labute approximate surface area is 184 Å². The SMILES string of the molecule is CC(C)n1cnc2c(NCCOc3ccccc3)nc(-c3csc4ccccc34)nc21. The summed E-state index contributed by atoms with van der Waals surface area (Å²) in [6, 6.07) is 18.4. The number of hydrogen-bond donors (Lipinski definition) is 1. The van der Waals surface area contributed by atoms with Gasteiger partial charge in [-0.25, -0.2) is 15.0 Å². The minimum absolute atomic E-state index is 0.251. The van der Waals surface area contributed by atoms with Crippen LogP contribution >= 0.6 is 11.3 Å². The second-order valence-corrected chi connectivity index (χ2v) is 8.46. The van der Waals surface area contributed by atoms with Crippen molar-refractivity contribution in [2.45, 2.75) is 19.9 Å². The van der Waals surface area contributed by atoms with Crippen LogP contribution in [0.15, 0.2) is 66.3 Å². The van der Waals surface area contributed by atoms with E-state index in [-0.39, 0.29) is 6.04 Å². The molecule has 0 saturated carbocycles. The maximum Gasteiger partial charge on any atom is 0.166 e. The van der Waals surface area contributed by atoms with E-state index in [4.69, 9.17) is 14.7 Å². The lowest BCUT2D eigenvalue weighted by Gasteiger charge is -2.11. The molecule has 5 rings (SSSR count). The number of thiophene rings is 1. The van der Waals surface area contributed by atoms with Gasteiger partial charge in [0.15, 0.2) is 17.3 Å². The summed E-state index contributed by atoms with van der Waals surface area (Å²) in [6.45, 7) is 5.39. The van der Waals surface area contributed by atoms with Crippen LogP contribution in [0.1, 0.15) is 19.9 Å². The van der Waals surface area contributed by atoms with E-state index in [1.807, 2.05) is 36.7 Å². The number of anilines is 1. The van der Waals surface area contributed by atoms with Crippen molar-refractivity contribution < 1.29 is 4.74 Å². The monoisotopic (exact) mass is 429 g/mol. The summed E-state index contributed by atoms with van der Waals surface area (Å²) in [7, 11) is 0. The first-order chi connectivity index (χ1) is 15.2. The summed E-state index contributed by atoms with van der Waals surface area (Å²) >= 11 is 1.71. The summed E-state index contributed by atoms with van der Waals surface area (Å²) in [5, 5.41) is 6.71. The maximum atomic E-state index is 5.81. The highest BCUT2D eigenvalue weighted by Crippen LogP contribution is 2.34. The average Bonchev–Trinajstić information content (AvgIpc) is 3.42. The van der Waals surface area contributed by atoms with E-state index in [0.29, 0.717) is 19.0 Å². The highest BCUT2D eigenvalue weighted by atomic mass is 32.1. The predicted octanol–water partition coefficient (Wildman–Crippen LogP) is 5.78. The van der Waals surface area contributed by atoms with Crippen molar-refractivity contribution in [1.29, 1.82) is 0 Å². The van der Waals surface area contributed by atoms with Crippen molar-refractivity contribution in [1.82, 2.24) is 19.5 Å². The summed E-state index contributed by atoms with van der Waals surface area (Å²) in [5.74, 6) is 2.29. The quantitative estimate of drug-likeness (QED) is 0.332. The number of hydrogen-bond acceptors (Lipinski definition) is 6. The third-order valence-electron chi connectivity index (χ3n) is 5.11. The lowest BCUT2D eigenvalue weighted by molar-refractivity contribution is 0.333. The van der Waals surface area contributed by atoms with Crippen LogP contribution in [0.3, 0.4) is 0 Å². The van der Waals surface area contributed by atoms with Gasteiger partial charge in [-0.15, -0.1) is 11.3 Å². The van der Waals surface area contributed by atoms with Crippen molar-refractivity contribution in [2.24, 2.45) is 0 Å². The van der Waals surface area contributed by atoms with Crippen molar-refractivity contribution in [3.8, 4) is 17.1 Å². The van der Waals surface area contributed by atoms with E-state index in [9.17, 15) is 0 Å². The highest BCUT2D eigenvalue weighted by molar-refractivity contribution is 7.17. The number of benzene rings is 2. The summed E-state index contributed by atoms with van der Waals surface area (Å²) < 4.78 is 9.12. The minimum Gasteiger partial charge on any atom is -0.492 e. The van der Waals surface area contributed by atoms with Gasteiger partial charge in [0.25, 0.3) is 0 Å². The summed E-state index contributed by atoms with van der Waals surface area (Å²) in [5.41, 5.74) is 2.65. The molecule has 1 N–H and O–H groups in total. The zero-order chi connectivity index (χ0) is 21.2. The van der Waals surface area contributed by atoms with E-state index >= 15 is 0 Å². The van der Waals surface area contributed by atoms with E-state index in [1.165, 1.54) is 10.1 Å². The number of para-hydroxylation sites is 1. The fourth-order valence-corrected chi connectivity index (χ4v) is 4.48. The van der Waals surface area contributed by atoms with Crippen LogP contribution < -0.4 is 10.1 Å². The number of imidazole rings is 1. The van der Waals surface area contributed by atoms with Gasteiger partial charge >= 0.3 is 0 Å². The molecule has 156 valence electrons. The summed E-state index contributed by atoms with van der Waals surface area (Å²) in [4.78, 5) is 14.4. The van der Waals surface area contributed by atoms with Crippen LogP contribution in [0.4, 0.5) is 5.82 Å². The molecule has 0 amide bonds. The van der Waals surface area contributed by atoms with Crippen LogP contribution in [0.2, 0.25) is 0 Å². The Morgan fingerprint density at radius 2 is 1.84 bits per heavy atom. The number of nitrogens with one attached hydrogen (secondary N) is 1. The average molecular weight is 430 g/mol. The van der Waals surface area contributed by atoms with Gasteiger partial charge in [-0.1, -0.05) is 36.4 Å². The van der Waals surface area contributed by atoms with Gasteiger partial charge in [-0.05, 0) is 32.0 Å². The Bertz CT molecular complexity index is 1330. The molecule has 0 aliphatic heterocycles. The van der Waals surface area contributed by atoms with Gasteiger partial charge in [0.05, 0.1) is 12.9 Å². The number of rotatable bonds is 7. The molecule has 0 saturated heterocycles. The van der Waals surface area contributed by atoms with Crippen molar-refractivity contribution in [3.05, 3.63) is 66.3 Å². The molecule has 0 aliphatic carbocycles. The first kappa shape index (κ1) is 19.5. The third-order valence-corrected chi connectivity index (χ3v) is 6.07. The zero-order valence-corrected chi connectivity index (χ0v) is 18.3. The molecule has 0 radical (unpaired) electrons. The van der Waals surface area contributed by atoms with Crippen LogP contribution in [0, 0.1) is 0 Å². The molecule has 0 aliphatic rings. The second kappa shape index (κ2) is 8.35. The molecule has 6 nitrogen and oxygen atoms in total. The van der Waals surface area contributed by atoms with Crippen molar-refractivity contribution >= 4 is 38.4 Å². The fraction of sp³-hybridized carbons (Fsp3) is 0.208. The van der Waals surface area contributed by atoms with E-state index < -0.39 is 0 Å². The zero-order valence-electron chi connectivity index (χ0n) is 17.4. The van der Waals surface area contributed by atoms with Crippen LogP contribution in [-0.2, 0) is 0 Å². The van der Waals surface area contributed by atoms with Gasteiger partial charge < -0.3 is 14.6 Å². The minimum atomic E-state index is 0.251. The Morgan fingerprint density at radius 1 is 1.03 bits per heavy atom. The van der Waals surface area contributed by atoms with E-state index in [0.717, 1.165) is 28.3 Å². The maximum absolute atomic E-state index is 5.81. The molecule has 0 atom stereocenters. The largest absolute Gasteiger partial charge is 0.492 e. The Hall–Kier alpha value is -3.45. The Kier molecular flexibility index (Phi) is 5.26. The first-order valence-electron chi connectivity index (χ1n) is 10.3. The molecule has 5 aromatic rings. The molecule has 2 aromatic carbocycles. The molecule has 0 spiro atoms. The van der Waals surface area contributed by atoms with Gasteiger partial charge in [-0.2, -0.15) is 0 Å². The lowest BCUT2D eigenvalue weighted by atomic mass is 10.1. The molecule has 0 unspecified atom stereocenters. The van der Waals surface area contributed by atoms with Gasteiger partial charge in [0, 0.05) is 27.1 Å². The Balaban J connectivity index is 1.49. The van der Waals surface area contributed by atoms with E-state index in [1.54, 1.807) is 11.3 Å². The van der Waals surface area contributed by atoms with Crippen LogP contribution in [0.25, 0.3) is 32.6 Å². The molecule has 3 aromatic heterocycles. The predicted molar refractivity (Wildman–Crippen MR) is 127 cm³/mol. The molecular weight excluding hydrogens is 406 g/mol. The normalized spacial score (nSPS) is 11.5. The molecular formula is C24H23N5OS. The number of fused-ring (bicyclic) bond motifs is 2. The van der Waals surface area contributed by atoms with Gasteiger partial charge in [0.1, 0.15) is 17.9 Å². The number of aromatic nitrogens is 4. The van der Waals surface area contributed by atoms with Gasteiger partial charge in [0.2, 0.25) is 0 Å². The van der Waals surface area contributed by atoms with Crippen molar-refractivity contribution in [2.75, 3.05) is 18.5 Å². The fourth-order valence-electron chi connectivity index (χ4n) is 3.54. The third kappa shape index (κ3) is 3.84. The number of nitrogens with zero attached hydrogens (tertiary/aromatic N) is 4. The van der Waals surface area contributed by atoms with Gasteiger partial charge in [-0.3, -0.25) is 0 Å². The topological polar surface area (TPSA) is 64.9 Å². The molecule has 0 fully saturated rings.